The molecule has 0 radical (unpaired) electrons. The lowest BCUT2D eigenvalue weighted by atomic mass is 10.0. The van der Waals surface area contributed by atoms with Crippen LogP contribution in [0.2, 0.25) is 5.02 Å². The molecule has 0 bridgehead atoms. The molecule has 25 heavy (non-hydrogen) atoms. The summed E-state index contributed by atoms with van der Waals surface area (Å²) in [5, 5.41) is 7.00. The van der Waals surface area contributed by atoms with E-state index in [1.54, 1.807) is 11.0 Å². The Hall–Kier alpha value is -1.69. The number of halogens is 2. The predicted molar refractivity (Wildman–Crippen MR) is 105 cm³/mol. The highest BCUT2D eigenvalue weighted by Gasteiger charge is 2.22. The van der Waals surface area contributed by atoms with Gasteiger partial charge in [0.15, 0.2) is 5.11 Å². The van der Waals surface area contributed by atoms with Crippen molar-refractivity contribution >= 4 is 34.6 Å². The van der Waals surface area contributed by atoms with Crippen molar-refractivity contribution in [3.05, 3.63) is 64.9 Å². The smallest absolute Gasteiger partial charge is 0.171 e. The molecule has 0 aromatic heterocycles. The van der Waals surface area contributed by atoms with Gasteiger partial charge in [0.05, 0.1) is 18.1 Å². The molecule has 132 valence electrons. The minimum absolute atomic E-state index is 0.109. The van der Waals surface area contributed by atoms with Gasteiger partial charge in [-0.25, -0.2) is 4.39 Å². The van der Waals surface area contributed by atoms with Crippen LogP contribution in [0.4, 0.5) is 10.1 Å². The summed E-state index contributed by atoms with van der Waals surface area (Å²) in [5.74, 6) is -0.452. The number of hydrogen-bond acceptors (Lipinski definition) is 1. The Balaban J connectivity index is 1.43. The third kappa shape index (κ3) is 5.39. The molecule has 6 heteroatoms. The first-order valence-corrected chi connectivity index (χ1v) is 9.29. The number of nitrogens with one attached hydrogen (secondary N) is 3. The van der Waals surface area contributed by atoms with Gasteiger partial charge in [-0.2, -0.15) is 0 Å². The fourth-order valence-corrected chi connectivity index (χ4v) is 3.56. The number of quaternary nitrogens is 1. The number of likely N-dealkylation sites (tertiary alicyclic amines) is 1. The Labute approximate surface area is 158 Å². The van der Waals surface area contributed by atoms with E-state index in [1.807, 2.05) is 0 Å². The summed E-state index contributed by atoms with van der Waals surface area (Å²) >= 11 is 11.0. The average molecular weight is 379 g/mol. The predicted octanol–water partition coefficient (Wildman–Crippen LogP) is 3.01. The van der Waals surface area contributed by atoms with Crippen LogP contribution in [0.3, 0.4) is 0 Å². The van der Waals surface area contributed by atoms with Crippen LogP contribution < -0.4 is 15.5 Å². The summed E-state index contributed by atoms with van der Waals surface area (Å²) in [4.78, 5) is 1.60. The Morgan fingerprint density at radius 1 is 1.16 bits per heavy atom. The first-order chi connectivity index (χ1) is 12.1. The van der Waals surface area contributed by atoms with Crippen LogP contribution in [-0.2, 0) is 6.54 Å². The van der Waals surface area contributed by atoms with E-state index in [1.165, 1.54) is 17.7 Å². The van der Waals surface area contributed by atoms with Crippen LogP contribution in [0.1, 0.15) is 18.4 Å². The van der Waals surface area contributed by atoms with Crippen molar-refractivity contribution in [2.45, 2.75) is 25.4 Å². The molecule has 1 saturated heterocycles. The van der Waals surface area contributed by atoms with Crippen molar-refractivity contribution in [1.82, 2.24) is 5.32 Å². The van der Waals surface area contributed by atoms with E-state index in [4.69, 9.17) is 23.8 Å². The molecule has 1 aliphatic heterocycles. The fraction of sp³-hybridized carbons (Fsp3) is 0.316. The largest absolute Gasteiger partial charge is 0.359 e. The quantitative estimate of drug-likeness (QED) is 0.714. The van der Waals surface area contributed by atoms with Crippen molar-refractivity contribution in [2.24, 2.45) is 0 Å². The first kappa shape index (κ1) is 18.1. The molecule has 0 amide bonds. The Kier molecular flexibility index (Phi) is 6.24. The Bertz CT molecular complexity index is 718. The number of piperidine rings is 1. The molecule has 0 atom stereocenters. The van der Waals surface area contributed by atoms with Crippen molar-refractivity contribution in [3.8, 4) is 0 Å². The monoisotopic (exact) mass is 378 g/mol. The maximum atomic E-state index is 13.5. The van der Waals surface area contributed by atoms with Gasteiger partial charge in [0, 0.05) is 30.1 Å². The van der Waals surface area contributed by atoms with E-state index in [0.29, 0.717) is 16.8 Å². The molecular formula is C19H22ClFN3S+. The summed E-state index contributed by atoms with van der Waals surface area (Å²) in [7, 11) is 0. The van der Waals surface area contributed by atoms with Gasteiger partial charge in [0.2, 0.25) is 0 Å². The highest BCUT2D eigenvalue weighted by Crippen LogP contribution is 2.18. The van der Waals surface area contributed by atoms with Gasteiger partial charge in [0.1, 0.15) is 12.4 Å². The van der Waals surface area contributed by atoms with Crippen LogP contribution in [0.25, 0.3) is 0 Å². The maximum absolute atomic E-state index is 13.5. The summed E-state index contributed by atoms with van der Waals surface area (Å²) in [6.07, 6.45) is 2.14. The SMILES string of the molecule is Fc1cc(NC(=S)NC2CC[NH+](Cc3ccccc3)CC2)ccc1Cl. The molecule has 3 nitrogen and oxygen atoms in total. The Morgan fingerprint density at radius 2 is 1.88 bits per heavy atom. The van der Waals surface area contributed by atoms with Gasteiger partial charge in [-0.3, -0.25) is 0 Å². The molecular weight excluding hydrogens is 357 g/mol. The number of anilines is 1. The molecule has 2 aromatic carbocycles. The van der Waals surface area contributed by atoms with E-state index in [2.05, 4.69) is 41.0 Å². The zero-order chi connectivity index (χ0) is 17.6. The topological polar surface area (TPSA) is 28.5 Å². The third-order valence-electron chi connectivity index (χ3n) is 4.50. The highest BCUT2D eigenvalue weighted by molar-refractivity contribution is 7.80. The number of rotatable bonds is 4. The molecule has 3 rings (SSSR count). The molecule has 0 unspecified atom stereocenters. The number of hydrogen-bond donors (Lipinski definition) is 3. The lowest BCUT2D eigenvalue weighted by molar-refractivity contribution is -0.918. The second-order valence-electron chi connectivity index (χ2n) is 6.41. The van der Waals surface area contributed by atoms with Crippen LogP contribution in [-0.4, -0.2) is 24.2 Å². The molecule has 2 aromatic rings. The fourth-order valence-electron chi connectivity index (χ4n) is 3.16. The molecule has 0 spiro atoms. The Morgan fingerprint density at radius 3 is 2.56 bits per heavy atom. The van der Waals surface area contributed by atoms with E-state index >= 15 is 0 Å². The summed E-state index contributed by atoms with van der Waals surface area (Å²) < 4.78 is 13.5. The normalized spacial score (nSPS) is 20.1. The van der Waals surface area contributed by atoms with Crippen molar-refractivity contribution in [1.29, 1.82) is 0 Å². The second-order valence-corrected chi connectivity index (χ2v) is 7.23. The average Bonchev–Trinajstić information content (AvgIpc) is 2.61. The van der Waals surface area contributed by atoms with Gasteiger partial charge in [-0.1, -0.05) is 41.9 Å². The van der Waals surface area contributed by atoms with Crippen LogP contribution in [0.5, 0.6) is 0 Å². The molecule has 1 heterocycles. The van der Waals surface area contributed by atoms with Gasteiger partial charge >= 0.3 is 0 Å². The van der Waals surface area contributed by atoms with E-state index < -0.39 is 5.82 Å². The van der Waals surface area contributed by atoms with Crippen molar-refractivity contribution in [2.75, 3.05) is 18.4 Å². The van der Waals surface area contributed by atoms with Gasteiger partial charge in [-0.15, -0.1) is 0 Å². The lowest BCUT2D eigenvalue weighted by Crippen LogP contribution is -3.12. The van der Waals surface area contributed by atoms with Crippen LogP contribution in [0.15, 0.2) is 48.5 Å². The minimum atomic E-state index is -0.452. The van der Waals surface area contributed by atoms with E-state index in [-0.39, 0.29) is 5.02 Å². The molecule has 1 aliphatic rings. The standard InChI is InChI=1S/C19H21ClFN3S/c20-17-7-6-16(12-18(17)21)23-19(25)22-15-8-10-24(11-9-15)13-14-4-2-1-3-5-14/h1-7,12,15H,8-11,13H2,(H2,22,23,25)/p+1. The number of benzene rings is 2. The summed E-state index contributed by atoms with van der Waals surface area (Å²) in [5.41, 5.74) is 1.98. The van der Waals surface area contributed by atoms with Crippen molar-refractivity contribution < 1.29 is 9.29 Å². The molecule has 3 N–H and O–H groups in total. The van der Waals surface area contributed by atoms with Gasteiger partial charge in [-0.05, 0) is 30.4 Å². The molecule has 0 saturated carbocycles. The second kappa shape index (κ2) is 8.61. The zero-order valence-electron chi connectivity index (χ0n) is 13.9. The first-order valence-electron chi connectivity index (χ1n) is 8.50. The molecule has 0 aliphatic carbocycles. The molecule has 1 fully saturated rings. The van der Waals surface area contributed by atoms with Crippen LogP contribution in [0, 0.1) is 5.82 Å². The summed E-state index contributed by atoms with van der Waals surface area (Å²) in [6, 6.07) is 15.5. The van der Waals surface area contributed by atoms with Crippen LogP contribution >= 0.6 is 23.8 Å². The minimum Gasteiger partial charge on any atom is -0.359 e. The number of thiocarbonyl (C=S) groups is 1. The lowest BCUT2D eigenvalue weighted by Gasteiger charge is -2.30. The van der Waals surface area contributed by atoms with E-state index in [0.717, 1.165) is 32.5 Å². The maximum Gasteiger partial charge on any atom is 0.171 e. The van der Waals surface area contributed by atoms with Gasteiger partial charge in [0.25, 0.3) is 0 Å². The van der Waals surface area contributed by atoms with Crippen molar-refractivity contribution in [3.63, 3.8) is 0 Å². The zero-order valence-corrected chi connectivity index (χ0v) is 15.5. The highest BCUT2D eigenvalue weighted by atomic mass is 35.5. The summed E-state index contributed by atoms with van der Waals surface area (Å²) in [6.45, 7) is 3.30. The third-order valence-corrected chi connectivity index (χ3v) is 5.03. The van der Waals surface area contributed by atoms with E-state index in [9.17, 15) is 4.39 Å². The van der Waals surface area contributed by atoms with Gasteiger partial charge < -0.3 is 15.5 Å².